The van der Waals surface area contributed by atoms with Crippen molar-refractivity contribution in [3.05, 3.63) is 0 Å². The number of likely N-dealkylation sites (tertiary alicyclic amines) is 1. The third-order valence-corrected chi connectivity index (χ3v) is 5.31. The molecule has 3 atom stereocenters. The highest BCUT2D eigenvalue weighted by Crippen LogP contribution is 2.32. The van der Waals surface area contributed by atoms with Crippen LogP contribution in [0.25, 0.3) is 0 Å². The van der Waals surface area contributed by atoms with E-state index < -0.39 is 5.97 Å². The van der Waals surface area contributed by atoms with Gasteiger partial charge >= 0.3 is 5.97 Å². The summed E-state index contributed by atoms with van der Waals surface area (Å²) in [5.74, 6) is 0.403. The number of nitrogens with zero attached hydrogens (tertiary/aromatic N) is 1. The van der Waals surface area contributed by atoms with Crippen LogP contribution in [0.5, 0.6) is 0 Å². The monoisotopic (exact) mass is 295 g/mol. The molecule has 0 aromatic rings. The molecule has 1 heterocycles. The van der Waals surface area contributed by atoms with Crippen LogP contribution in [0.3, 0.4) is 0 Å². The Balaban J connectivity index is 1.87. The molecule has 1 saturated heterocycles. The third kappa shape index (κ3) is 4.45. The van der Waals surface area contributed by atoms with Gasteiger partial charge in [-0.15, -0.1) is 0 Å². The first kappa shape index (κ1) is 16.3. The first-order valence-electron chi connectivity index (χ1n) is 8.48. The van der Waals surface area contributed by atoms with E-state index in [1.54, 1.807) is 4.90 Å². The molecule has 0 bridgehead atoms. The largest absolute Gasteiger partial charge is 0.481 e. The van der Waals surface area contributed by atoms with Crippen LogP contribution in [0.2, 0.25) is 0 Å². The Bertz CT molecular complexity index is 376. The predicted octanol–water partition coefficient (Wildman–Crippen LogP) is 3.16. The smallest absolute Gasteiger partial charge is 0.308 e. The van der Waals surface area contributed by atoms with Crippen molar-refractivity contribution in [1.82, 2.24) is 4.90 Å². The lowest BCUT2D eigenvalue weighted by molar-refractivity contribution is -0.147. The number of carboxylic acid groups (broad SMARTS) is 1. The van der Waals surface area contributed by atoms with E-state index in [9.17, 15) is 14.7 Å². The van der Waals surface area contributed by atoms with Gasteiger partial charge in [0.05, 0.1) is 5.92 Å². The number of hydrogen-bond donors (Lipinski definition) is 1. The zero-order valence-corrected chi connectivity index (χ0v) is 13.4. The fourth-order valence-electron chi connectivity index (χ4n) is 4.01. The molecule has 0 radical (unpaired) electrons. The quantitative estimate of drug-likeness (QED) is 0.866. The molecule has 120 valence electrons. The van der Waals surface area contributed by atoms with Crippen molar-refractivity contribution in [3.63, 3.8) is 0 Å². The highest BCUT2D eigenvalue weighted by atomic mass is 16.4. The van der Waals surface area contributed by atoms with Crippen molar-refractivity contribution in [1.29, 1.82) is 0 Å². The molecule has 0 aromatic heterocycles. The topological polar surface area (TPSA) is 57.6 Å². The van der Waals surface area contributed by atoms with Crippen LogP contribution in [-0.4, -0.2) is 35.0 Å². The van der Waals surface area contributed by atoms with E-state index in [1.165, 1.54) is 32.1 Å². The van der Waals surface area contributed by atoms with Gasteiger partial charge in [-0.25, -0.2) is 0 Å². The summed E-state index contributed by atoms with van der Waals surface area (Å²) in [6.07, 6.45) is 7.71. The van der Waals surface area contributed by atoms with E-state index in [0.717, 1.165) is 6.54 Å². The third-order valence-electron chi connectivity index (χ3n) is 5.31. The lowest BCUT2D eigenvalue weighted by Crippen LogP contribution is -2.46. The lowest BCUT2D eigenvalue weighted by atomic mass is 9.79. The van der Waals surface area contributed by atoms with Gasteiger partial charge in [-0.05, 0) is 24.2 Å². The summed E-state index contributed by atoms with van der Waals surface area (Å²) in [6.45, 7) is 5.35. The summed E-state index contributed by atoms with van der Waals surface area (Å²) in [5.41, 5.74) is 0. The SMILES string of the molecule is CC1CC(C(=O)O)CN(C(=O)CC(C)C2CCCCC2)C1. The van der Waals surface area contributed by atoms with Crippen molar-refractivity contribution in [3.8, 4) is 0 Å². The Labute approximate surface area is 127 Å². The van der Waals surface area contributed by atoms with Crippen LogP contribution in [0, 0.1) is 23.7 Å². The Morgan fingerprint density at radius 2 is 1.86 bits per heavy atom. The molecule has 4 heteroatoms. The number of carbonyl (C=O) groups is 2. The Hall–Kier alpha value is -1.06. The average molecular weight is 295 g/mol. The molecule has 2 rings (SSSR count). The van der Waals surface area contributed by atoms with Crippen molar-refractivity contribution < 1.29 is 14.7 Å². The molecule has 0 spiro atoms. The molecular formula is C17H29NO3. The maximum Gasteiger partial charge on any atom is 0.308 e. The van der Waals surface area contributed by atoms with Crippen LogP contribution in [0.15, 0.2) is 0 Å². The summed E-state index contributed by atoms with van der Waals surface area (Å²) < 4.78 is 0. The average Bonchev–Trinajstić information content (AvgIpc) is 2.47. The molecule has 1 amide bonds. The van der Waals surface area contributed by atoms with Crippen LogP contribution in [-0.2, 0) is 9.59 Å². The van der Waals surface area contributed by atoms with Crippen molar-refractivity contribution in [2.24, 2.45) is 23.7 Å². The molecule has 1 aliphatic carbocycles. The van der Waals surface area contributed by atoms with Crippen LogP contribution < -0.4 is 0 Å². The van der Waals surface area contributed by atoms with Gasteiger partial charge in [0.2, 0.25) is 5.91 Å². The number of piperidine rings is 1. The van der Waals surface area contributed by atoms with E-state index in [0.29, 0.717) is 31.2 Å². The van der Waals surface area contributed by atoms with Gasteiger partial charge in [-0.2, -0.15) is 0 Å². The lowest BCUT2D eigenvalue weighted by Gasteiger charge is -2.36. The van der Waals surface area contributed by atoms with Gasteiger partial charge in [-0.1, -0.05) is 46.0 Å². The maximum absolute atomic E-state index is 12.5. The van der Waals surface area contributed by atoms with Gasteiger partial charge in [0.15, 0.2) is 0 Å². The fourth-order valence-corrected chi connectivity index (χ4v) is 4.01. The number of aliphatic carboxylic acids is 1. The minimum atomic E-state index is -0.764. The van der Waals surface area contributed by atoms with Gasteiger partial charge in [-0.3, -0.25) is 9.59 Å². The van der Waals surface area contributed by atoms with E-state index in [-0.39, 0.29) is 17.7 Å². The van der Waals surface area contributed by atoms with Gasteiger partial charge in [0.1, 0.15) is 0 Å². The molecule has 3 unspecified atom stereocenters. The molecule has 1 saturated carbocycles. The zero-order valence-electron chi connectivity index (χ0n) is 13.4. The van der Waals surface area contributed by atoms with E-state index >= 15 is 0 Å². The minimum Gasteiger partial charge on any atom is -0.481 e. The van der Waals surface area contributed by atoms with Gasteiger partial charge in [0, 0.05) is 19.5 Å². The predicted molar refractivity (Wildman–Crippen MR) is 81.8 cm³/mol. The minimum absolute atomic E-state index is 0.158. The fraction of sp³-hybridized carbons (Fsp3) is 0.882. The molecule has 21 heavy (non-hydrogen) atoms. The van der Waals surface area contributed by atoms with Crippen LogP contribution in [0.4, 0.5) is 0 Å². The van der Waals surface area contributed by atoms with E-state index in [4.69, 9.17) is 0 Å². The molecular weight excluding hydrogens is 266 g/mol. The van der Waals surface area contributed by atoms with Gasteiger partial charge in [0.25, 0.3) is 0 Å². The highest BCUT2D eigenvalue weighted by molar-refractivity contribution is 5.78. The number of carboxylic acids is 1. The molecule has 0 aromatic carbocycles. The molecule has 2 fully saturated rings. The first-order chi connectivity index (χ1) is 9.97. The second-order valence-electron chi connectivity index (χ2n) is 7.25. The Kier molecular flexibility index (Phi) is 5.65. The zero-order chi connectivity index (χ0) is 15.4. The van der Waals surface area contributed by atoms with E-state index in [2.05, 4.69) is 6.92 Å². The number of rotatable bonds is 4. The highest BCUT2D eigenvalue weighted by Gasteiger charge is 2.33. The Morgan fingerprint density at radius 1 is 1.19 bits per heavy atom. The van der Waals surface area contributed by atoms with Crippen LogP contribution in [0.1, 0.15) is 58.8 Å². The normalized spacial score (nSPS) is 29.1. The number of amides is 1. The van der Waals surface area contributed by atoms with E-state index in [1.807, 2.05) is 6.92 Å². The number of hydrogen-bond acceptors (Lipinski definition) is 2. The first-order valence-corrected chi connectivity index (χ1v) is 8.48. The standard InChI is InChI=1S/C17H29NO3/c1-12-8-15(17(20)21)11-18(10-12)16(19)9-13(2)14-6-4-3-5-7-14/h12-15H,3-11H2,1-2H3,(H,20,21). The van der Waals surface area contributed by atoms with Crippen molar-refractivity contribution in [2.75, 3.05) is 13.1 Å². The number of carbonyl (C=O) groups excluding carboxylic acids is 1. The molecule has 4 nitrogen and oxygen atoms in total. The summed E-state index contributed by atoms with van der Waals surface area (Å²) in [5, 5.41) is 9.20. The van der Waals surface area contributed by atoms with Crippen molar-refractivity contribution >= 4 is 11.9 Å². The maximum atomic E-state index is 12.5. The molecule has 1 N–H and O–H groups in total. The summed E-state index contributed by atoms with van der Waals surface area (Å²) in [7, 11) is 0. The summed E-state index contributed by atoms with van der Waals surface area (Å²) >= 11 is 0. The summed E-state index contributed by atoms with van der Waals surface area (Å²) in [6, 6.07) is 0. The summed E-state index contributed by atoms with van der Waals surface area (Å²) in [4.78, 5) is 25.5. The Morgan fingerprint density at radius 3 is 2.48 bits per heavy atom. The second-order valence-corrected chi connectivity index (χ2v) is 7.25. The van der Waals surface area contributed by atoms with Crippen LogP contribution >= 0.6 is 0 Å². The van der Waals surface area contributed by atoms with Crippen molar-refractivity contribution in [2.45, 2.75) is 58.8 Å². The van der Waals surface area contributed by atoms with Gasteiger partial charge < -0.3 is 10.0 Å². The second kappa shape index (κ2) is 7.28. The molecule has 1 aliphatic heterocycles. The molecule has 2 aliphatic rings.